The minimum absolute atomic E-state index is 0.0710. The van der Waals surface area contributed by atoms with Crippen molar-refractivity contribution in [1.82, 2.24) is 0 Å². The number of ether oxygens (including phenoxy) is 3. The van der Waals surface area contributed by atoms with E-state index in [1.165, 1.54) is 26.8 Å². The first-order chi connectivity index (χ1) is 20.2. The lowest BCUT2D eigenvalue weighted by Gasteiger charge is -2.23. The van der Waals surface area contributed by atoms with Gasteiger partial charge in [0.2, 0.25) is 0 Å². The quantitative estimate of drug-likeness (QED) is 0.192. The number of rotatable bonds is 9. The van der Waals surface area contributed by atoms with Gasteiger partial charge in [0.25, 0.3) is 0 Å². The van der Waals surface area contributed by atoms with E-state index in [9.17, 15) is 0 Å². The first kappa shape index (κ1) is 27.2. The summed E-state index contributed by atoms with van der Waals surface area (Å²) in [5.74, 6) is 8.18. The Hall–Kier alpha value is -3.99. The SMILES string of the molecule is CC#C[C@@H](CC1=NN=NC1)c1ccc(OCc2ccc3scc(-c4ccc(OC5CCOCC5)cc4C)c3c2)cc1. The number of aryl methyl sites for hydroxylation is 1. The maximum absolute atomic E-state index is 6.24. The van der Waals surface area contributed by atoms with Crippen LogP contribution in [0.4, 0.5) is 0 Å². The average molecular weight is 564 g/mol. The van der Waals surface area contributed by atoms with Gasteiger partial charge in [-0.1, -0.05) is 30.2 Å². The largest absolute Gasteiger partial charge is 0.490 e. The molecule has 1 fully saturated rings. The number of fused-ring (bicyclic) bond motifs is 1. The summed E-state index contributed by atoms with van der Waals surface area (Å²) in [4.78, 5) is 0. The first-order valence-electron chi connectivity index (χ1n) is 14.1. The Balaban J connectivity index is 1.13. The second-order valence-corrected chi connectivity index (χ2v) is 11.4. The molecule has 7 heteroatoms. The Labute approximate surface area is 245 Å². The predicted octanol–water partition coefficient (Wildman–Crippen LogP) is 8.33. The van der Waals surface area contributed by atoms with Crippen LogP contribution >= 0.6 is 11.3 Å². The van der Waals surface area contributed by atoms with Crippen molar-refractivity contribution < 1.29 is 14.2 Å². The molecule has 6 nitrogen and oxygen atoms in total. The van der Waals surface area contributed by atoms with Crippen LogP contribution in [-0.4, -0.2) is 31.6 Å². The Morgan fingerprint density at radius 3 is 2.59 bits per heavy atom. The molecule has 3 heterocycles. The van der Waals surface area contributed by atoms with E-state index in [-0.39, 0.29) is 12.0 Å². The molecule has 0 N–H and O–H groups in total. The molecule has 0 bridgehead atoms. The van der Waals surface area contributed by atoms with Gasteiger partial charge in [-0.05, 0) is 83.1 Å². The van der Waals surface area contributed by atoms with Gasteiger partial charge in [-0.25, -0.2) is 0 Å². The van der Waals surface area contributed by atoms with E-state index in [1.807, 2.05) is 19.1 Å². The van der Waals surface area contributed by atoms with Crippen LogP contribution in [0.15, 0.2) is 81.5 Å². The number of thiophene rings is 1. The van der Waals surface area contributed by atoms with Gasteiger partial charge in [-0.15, -0.1) is 22.4 Å². The van der Waals surface area contributed by atoms with Gasteiger partial charge in [-0.3, -0.25) is 0 Å². The molecule has 0 spiro atoms. The fourth-order valence-corrected chi connectivity index (χ4v) is 6.28. The zero-order chi connectivity index (χ0) is 28.0. The van der Waals surface area contributed by atoms with Crippen molar-refractivity contribution in [2.45, 2.75) is 51.7 Å². The minimum atomic E-state index is 0.0710. The molecule has 1 atom stereocenters. The van der Waals surface area contributed by atoms with Crippen LogP contribution in [0.1, 0.15) is 48.8 Å². The molecule has 0 amide bonds. The molecule has 0 unspecified atom stereocenters. The molecule has 2 aliphatic rings. The fraction of sp³-hybridized carbons (Fsp3) is 0.324. The summed E-state index contributed by atoms with van der Waals surface area (Å²) in [7, 11) is 0. The van der Waals surface area contributed by atoms with E-state index in [0.29, 0.717) is 13.2 Å². The van der Waals surface area contributed by atoms with Crippen LogP contribution in [-0.2, 0) is 11.3 Å². The smallest absolute Gasteiger partial charge is 0.120 e. The number of benzene rings is 3. The Morgan fingerprint density at radius 2 is 1.83 bits per heavy atom. The Kier molecular flexibility index (Phi) is 8.41. The van der Waals surface area contributed by atoms with Gasteiger partial charge >= 0.3 is 0 Å². The third-order valence-corrected chi connectivity index (χ3v) is 8.51. The molecule has 208 valence electrons. The lowest BCUT2D eigenvalue weighted by molar-refractivity contribution is 0.0255. The summed E-state index contributed by atoms with van der Waals surface area (Å²) >= 11 is 1.78. The normalized spacial score (nSPS) is 15.8. The topological polar surface area (TPSA) is 64.8 Å². The highest BCUT2D eigenvalue weighted by Crippen LogP contribution is 2.37. The van der Waals surface area contributed by atoms with Gasteiger partial charge in [0.15, 0.2) is 0 Å². The van der Waals surface area contributed by atoms with E-state index in [2.05, 4.69) is 88.1 Å². The molecule has 0 saturated carbocycles. The average Bonchev–Trinajstić information content (AvgIpc) is 3.67. The van der Waals surface area contributed by atoms with Crippen LogP contribution in [0.2, 0.25) is 0 Å². The van der Waals surface area contributed by atoms with Gasteiger partial charge in [0.05, 0.1) is 24.8 Å². The standard InChI is InChI=1S/C34H33N3O3S/c1-3-4-26(19-27-20-35-37-36-27)25-6-8-28(9-7-25)39-21-24-5-12-34-32(18-24)33(22-41-34)31-11-10-30(17-23(31)2)40-29-13-15-38-16-14-29/h5-12,17-18,22,26,29H,13-16,19-21H2,1-2H3/t26-/m0/s1. The van der Waals surface area contributed by atoms with E-state index >= 15 is 0 Å². The molecular weight excluding hydrogens is 530 g/mol. The van der Waals surface area contributed by atoms with Gasteiger partial charge in [0, 0.05) is 34.9 Å². The van der Waals surface area contributed by atoms with Gasteiger partial charge < -0.3 is 14.2 Å². The molecule has 41 heavy (non-hydrogen) atoms. The highest BCUT2D eigenvalue weighted by Gasteiger charge is 2.17. The molecule has 0 aliphatic carbocycles. The first-order valence-corrected chi connectivity index (χ1v) is 15.0. The minimum Gasteiger partial charge on any atom is -0.490 e. The van der Waals surface area contributed by atoms with E-state index in [4.69, 9.17) is 14.2 Å². The Bertz CT molecular complexity index is 1640. The molecular formula is C34H33N3O3S. The maximum atomic E-state index is 6.24. The summed E-state index contributed by atoms with van der Waals surface area (Å²) < 4.78 is 19.2. The van der Waals surface area contributed by atoms with Crippen LogP contribution in [0.25, 0.3) is 21.2 Å². The number of hydrogen-bond acceptors (Lipinski definition) is 7. The molecule has 1 aromatic heterocycles. The zero-order valence-electron chi connectivity index (χ0n) is 23.4. The molecule has 2 aliphatic heterocycles. The van der Waals surface area contributed by atoms with Crippen molar-refractivity contribution in [1.29, 1.82) is 0 Å². The second-order valence-electron chi connectivity index (χ2n) is 10.5. The monoisotopic (exact) mass is 563 g/mol. The molecule has 4 aromatic rings. The molecule has 0 radical (unpaired) electrons. The summed E-state index contributed by atoms with van der Waals surface area (Å²) in [6, 6.07) is 21.3. The summed E-state index contributed by atoms with van der Waals surface area (Å²) in [5, 5.41) is 15.3. The molecule has 6 rings (SSSR count). The number of nitrogens with zero attached hydrogens (tertiary/aromatic N) is 3. The van der Waals surface area contributed by atoms with Crippen LogP contribution in [0.5, 0.6) is 11.5 Å². The van der Waals surface area contributed by atoms with Gasteiger partial charge in [0.1, 0.15) is 30.8 Å². The highest BCUT2D eigenvalue weighted by atomic mass is 32.1. The van der Waals surface area contributed by atoms with Crippen molar-refractivity contribution in [3.8, 4) is 34.5 Å². The van der Waals surface area contributed by atoms with E-state index in [1.54, 1.807) is 11.3 Å². The lowest BCUT2D eigenvalue weighted by Crippen LogP contribution is -2.25. The number of hydrogen-bond donors (Lipinski definition) is 0. The van der Waals surface area contributed by atoms with Crippen molar-refractivity contribution in [2.75, 3.05) is 19.8 Å². The second kappa shape index (κ2) is 12.7. The maximum Gasteiger partial charge on any atom is 0.120 e. The highest BCUT2D eigenvalue weighted by molar-refractivity contribution is 7.17. The van der Waals surface area contributed by atoms with Crippen molar-refractivity contribution in [3.63, 3.8) is 0 Å². The fourth-order valence-electron chi connectivity index (χ4n) is 5.34. The third kappa shape index (κ3) is 6.51. The third-order valence-electron chi connectivity index (χ3n) is 7.55. The summed E-state index contributed by atoms with van der Waals surface area (Å²) in [6.07, 6.45) is 2.87. The molecule has 3 aromatic carbocycles. The van der Waals surface area contributed by atoms with Gasteiger partial charge in [-0.2, -0.15) is 5.11 Å². The zero-order valence-corrected chi connectivity index (χ0v) is 24.2. The summed E-state index contributed by atoms with van der Waals surface area (Å²) in [6.45, 7) is 6.65. The predicted molar refractivity (Wildman–Crippen MR) is 165 cm³/mol. The summed E-state index contributed by atoms with van der Waals surface area (Å²) in [5.41, 5.74) is 6.95. The van der Waals surface area contributed by atoms with Crippen molar-refractivity contribution >= 4 is 27.1 Å². The van der Waals surface area contributed by atoms with Crippen LogP contribution in [0.3, 0.4) is 0 Å². The Morgan fingerprint density at radius 1 is 1.00 bits per heavy atom. The van der Waals surface area contributed by atoms with Crippen LogP contribution in [0, 0.1) is 18.8 Å². The molecule has 1 saturated heterocycles. The van der Waals surface area contributed by atoms with E-state index in [0.717, 1.165) is 60.8 Å². The van der Waals surface area contributed by atoms with E-state index < -0.39 is 0 Å². The van der Waals surface area contributed by atoms with Crippen molar-refractivity contribution in [2.24, 2.45) is 15.4 Å². The van der Waals surface area contributed by atoms with Crippen molar-refractivity contribution in [3.05, 3.63) is 82.7 Å². The van der Waals surface area contributed by atoms with Crippen LogP contribution < -0.4 is 9.47 Å². The lowest BCUT2D eigenvalue weighted by atomic mass is 9.94.